The number of nitrogens with zero attached hydrogens (tertiary/aromatic N) is 4. The third-order valence-corrected chi connectivity index (χ3v) is 12.8. The maximum Gasteiger partial charge on any atom is 0.272 e. The summed E-state index contributed by atoms with van der Waals surface area (Å²) < 4.78 is 34.6. The van der Waals surface area contributed by atoms with Crippen LogP contribution in [0.1, 0.15) is 74.0 Å². The minimum Gasteiger partial charge on any atom is -0.472 e. The summed E-state index contributed by atoms with van der Waals surface area (Å²) in [5.74, 6) is -2.52. The van der Waals surface area contributed by atoms with Crippen molar-refractivity contribution in [3.05, 3.63) is 84.5 Å². The Hall–Kier alpha value is -5.44. The van der Waals surface area contributed by atoms with Crippen LogP contribution in [0.3, 0.4) is 0 Å². The van der Waals surface area contributed by atoms with Gasteiger partial charge in [0.2, 0.25) is 27.7 Å². The Morgan fingerprint density at radius 2 is 1.71 bits per heavy atom. The van der Waals surface area contributed by atoms with Crippen LogP contribution in [0, 0.1) is 12.8 Å². The molecule has 4 amide bonds. The SMILES string of the molecule is Cc1cnc(C(=O)N[C@H]2CCCCC/C=C\C3C[C@@]3(C(=O)NS(=O)(=O)C3CC3)NC(=O)[C@@H]3CC(Oc4nc5ccccc5c5ccccc45)CN3C2=O)cn1. The van der Waals surface area contributed by atoms with Crippen molar-refractivity contribution in [1.82, 2.24) is 35.2 Å². The minimum absolute atomic E-state index is 0.00491. The average Bonchev–Trinajstić information content (AvgIpc) is 4.11. The van der Waals surface area contributed by atoms with Crippen LogP contribution in [0.25, 0.3) is 21.7 Å². The molecule has 2 aromatic carbocycles. The number of amides is 4. The maximum atomic E-state index is 14.6. The first-order chi connectivity index (χ1) is 26.5. The van der Waals surface area contributed by atoms with Crippen molar-refractivity contribution >= 4 is 55.3 Å². The number of para-hydroxylation sites is 1. The van der Waals surface area contributed by atoms with E-state index in [2.05, 4.69) is 25.3 Å². The molecule has 8 rings (SSSR count). The second-order valence-electron chi connectivity index (χ2n) is 15.0. The number of aromatic nitrogens is 3. The molecule has 2 aliphatic heterocycles. The molecule has 15 heteroatoms. The van der Waals surface area contributed by atoms with Crippen LogP contribution in [0.2, 0.25) is 0 Å². The highest BCUT2D eigenvalue weighted by molar-refractivity contribution is 7.91. The fourth-order valence-electron chi connectivity index (χ4n) is 7.71. The summed E-state index contributed by atoms with van der Waals surface area (Å²) in [4.78, 5) is 70.9. The van der Waals surface area contributed by atoms with Crippen molar-refractivity contribution in [1.29, 1.82) is 0 Å². The first-order valence-electron chi connectivity index (χ1n) is 18.9. The van der Waals surface area contributed by atoms with Gasteiger partial charge in [-0.3, -0.25) is 28.9 Å². The molecule has 2 aliphatic carbocycles. The van der Waals surface area contributed by atoms with Crippen LogP contribution < -0.4 is 20.1 Å². The van der Waals surface area contributed by atoms with E-state index in [-0.39, 0.29) is 25.1 Å². The number of sulfonamides is 1. The zero-order valence-corrected chi connectivity index (χ0v) is 31.3. The lowest BCUT2D eigenvalue weighted by molar-refractivity contribution is -0.141. The summed E-state index contributed by atoms with van der Waals surface area (Å²) in [5.41, 5.74) is -0.0889. The van der Waals surface area contributed by atoms with E-state index in [1.807, 2.05) is 60.7 Å². The van der Waals surface area contributed by atoms with Crippen LogP contribution in [0.15, 0.2) is 73.1 Å². The normalized spacial score (nSPS) is 26.5. The van der Waals surface area contributed by atoms with E-state index in [4.69, 9.17) is 9.72 Å². The van der Waals surface area contributed by atoms with Crippen molar-refractivity contribution in [2.75, 3.05) is 6.54 Å². The number of carbonyl (C=O) groups is 4. The predicted molar refractivity (Wildman–Crippen MR) is 203 cm³/mol. The lowest BCUT2D eigenvalue weighted by atomic mass is 10.0. The van der Waals surface area contributed by atoms with Crippen LogP contribution in [-0.2, 0) is 24.4 Å². The number of benzene rings is 2. The van der Waals surface area contributed by atoms with Gasteiger partial charge in [0, 0.05) is 29.3 Å². The molecule has 2 aromatic heterocycles. The maximum absolute atomic E-state index is 14.6. The Kier molecular flexibility index (Phi) is 9.74. The summed E-state index contributed by atoms with van der Waals surface area (Å²) >= 11 is 0. The molecule has 4 aromatic rings. The second kappa shape index (κ2) is 14.7. The van der Waals surface area contributed by atoms with Crippen LogP contribution in [-0.4, -0.2) is 87.4 Å². The molecule has 55 heavy (non-hydrogen) atoms. The Morgan fingerprint density at radius 3 is 2.47 bits per heavy atom. The first-order valence-corrected chi connectivity index (χ1v) is 20.5. The smallest absolute Gasteiger partial charge is 0.272 e. The zero-order chi connectivity index (χ0) is 38.3. The van der Waals surface area contributed by atoms with E-state index < -0.39 is 68.5 Å². The molecule has 14 nitrogen and oxygen atoms in total. The molecule has 2 unspecified atom stereocenters. The Bertz CT molecular complexity index is 2310. The highest BCUT2D eigenvalue weighted by Gasteiger charge is 2.62. The average molecular weight is 766 g/mol. The van der Waals surface area contributed by atoms with Gasteiger partial charge >= 0.3 is 0 Å². The zero-order valence-electron chi connectivity index (χ0n) is 30.4. The molecule has 4 aliphatic rings. The van der Waals surface area contributed by atoms with Gasteiger partial charge in [0.1, 0.15) is 29.4 Å². The molecule has 0 radical (unpaired) electrons. The molecule has 3 fully saturated rings. The van der Waals surface area contributed by atoms with Gasteiger partial charge in [-0.2, -0.15) is 0 Å². The minimum atomic E-state index is -3.89. The largest absolute Gasteiger partial charge is 0.472 e. The van der Waals surface area contributed by atoms with Gasteiger partial charge in [0.15, 0.2) is 0 Å². The molecule has 0 bridgehead atoms. The van der Waals surface area contributed by atoms with E-state index in [0.717, 1.165) is 34.5 Å². The summed E-state index contributed by atoms with van der Waals surface area (Å²) in [6, 6.07) is 13.3. The number of pyridine rings is 1. The van der Waals surface area contributed by atoms with Crippen LogP contribution in [0.4, 0.5) is 0 Å². The van der Waals surface area contributed by atoms with E-state index in [1.54, 1.807) is 6.92 Å². The van der Waals surface area contributed by atoms with Crippen molar-refractivity contribution < 1.29 is 32.3 Å². The number of nitrogens with one attached hydrogen (secondary N) is 3. The first kappa shape index (κ1) is 36.5. The Morgan fingerprint density at radius 1 is 0.945 bits per heavy atom. The Labute approximate surface area is 318 Å². The van der Waals surface area contributed by atoms with Gasteiger partial charge in [0.25, 0.3) is 11.8 Å². The standard InChI is InChI=1S/C40H43N7O7S/c1-24-21-42-33(22-41-24)35(48)43-32-16-6-4-2-3-5-11-25-20-40(25,39(51)46-55(52,53)27-17-18-27)45-36(49)34-19-26(23-47(34)38(32)50)54-37-30-14-8-7-12-28(30)29-13-9-10-15-31(29)44-37/h5,7-15,21-22,25-27,32,34H,2-4,6,16-20,23H2,1H3,(H,43,48)(H,45,49)(H,46,51)/b11-5-/t25?,26?,32-,34-,40+/m0/s1. The number of hydrogen-bond donors (Lipinski definition) is 3. The highest BCUT2D eigenvalue weighted by atomic mass is 32.2. The molecule has 2 saturated carbocycles. The molecule has 286 valence electrons. The predicted octanol–water partition coefficient (Wildman–Crippen LogP) is 3.64. The summed E-state index contributed by atoms with van der Waals surface area (Å²) in [5, 5.41) is 7.79. The van der Waals surface area contributed by atoms with Crippen molar-refractivity contribution in [2.24, 2.45) is 5.92 Å². The highest BCUT2D eigenvalue weighted by Crippen LogP contribution is 2.46. The lowest BCUT2D eigenvalue weighted by Crippen LogP contribution is -2.58. The van der Waals surface area contributed by atoms with Gasteiger partial charge in [-0.25, -0.2) is 18.4 Å². The number of ether oxygens (including phenoxy) is 1. The molecule has 1 saturated heterocycles. The van der Waals surface area contributed by atoms with Crippen molar-refractivity contribution in [2.45, 2.75) is 93.7 Å². The van der Waals surface area contributed by atoms with Gasteiger partial charge in [-0.05, 0) is 63.0 Å². The van der Waals surface area contributed by atoms with E-state index in [1.165, 1.54) is 17.3 Å². The number of hydrogen-bond acceptors (Lipinski definition) is 10. The van der Waals surface area contributed by atoms with Gasteiger partial charge < -0.3 is 20.3 Å². The summed E-state index contributed by atoms with van der Waals surface area (Å²) in [6.07, 6.45) is 10.4. The molecular weight excluding hydrogens is 723 g/mol. The van der Waals surface area contributed by atoms with E-state index in [0.29, 0.717) is 43.7 Å². The van der Waals surface area contributed by atoms with Crippen molar-refractivity contribution in [3.63, 3.8) is 0 Å². The van der Waals surface area contributed by atoms with E-state index in [9.17, 15) is 27.6 Å². The third-order valence-electron chi connectivity index (χ3n) is 11.0. The lowest BCUT2D eigenvalue weighted by Gasteiger charge is -2.29. The van der Waals surface area contributed by atoms with Crippen LogP contribution in [0.5, 0.6) is 5.88 Å². The van der Waals surface area contributed by atoms with Gasteiger partial charge in [0.05, 0.1) is 29.2 Å². The topological polar surface area (TPSA) is 190 Å². The summed E-state index contributed by atoms with van der Waals surface area (Å²) in [6.45, 7) is 1.75. The van der Waals surface area contributed by atoms with Gasteiger partial charge in [-0.1, -0.05) is 61.4 Å². The number of carbonyl (C=O) groups excluding carboxylic acids is 4. The quantitative estimate of drug-likeness (QED) is 0.185. The molecular formula is C40H43N7O7S. The molecule has 5 atom stereocenters. The fourth-order valence-corrected chi connectivity index (χ4v) is 9.07. The van der Waals surface area contributed by atoms with E-state index >= 15 is 0 Å². The third kappa shape index (κ3) is 7.49. The number of aryl methyl sites for hydroxylation is 1. The van der Waals surface area contributed by atoms with Crippen LogP contribution >= 0.6 is 0 Å². The summed E-state index contributed by atoms with van der Waals surface area (Å²) in [7, 11) is -3.89. The monoisotopic (exact) mass is 765 g/mol. The second-order valence-corrected chi connectivity index (χ2v) is 17.0. The molecule has 4 heterocycles. The van der Waals surface area contributed by atoms with Crippen molar-refractivity contribution in [3.8, 4) is 5.88 Å². The Balaban J connectivity index is 1.12. The molecule has 3 N–H and O–H groups in total. The number of allylic oxidation sites excluding steroid dienone is 1. The number of rotatable bonds is 7. The number of fused-ring (bicyclic) bond motifs is 5. The molecule has 0 spiro atoms. The van der Waals surface area contributed by atoms with Gasteiger partial charge in [-0.15, -0.1) is 0 Å². The fraction of sp³-hybridized carbons (Fsp3) is 0.425.